The fourth-order valence-corrected chi connectivity index (χ4v) is 2.48. The van der Waals surface area contributed by atoms with Crippen LogP contribution in [0.3, 0.4) is 0 Å². The maximum atomic E-state index is 12.2. The fourth-order valence-electron chi connectivity index (χ4n) is 1.86. The van der Waals surface area contributed by atoms with Crippen molar-refractivity contribution in [1.29, 1.82) is 0 Å². The Balaban J connectivity index is 2.29. The second kappa shape index (κ2) is 5.54. The minimum Gasteiger partial charge on any atom is -0.395 e. The third-order valence-electron chi connectivity index (χ3n) is 2.92. The van der Waals surface area contributed by atoms with Gasteiger partial charge < -0.3 is 14.6 Å². The molecule has 19 heavy (non-hydrogen) atoms. The highest BCUT2D eigenvalue weighted by Gasteiger charge is 2.17. The number of aryl methyl sites for hydroxylation is 2. The first-order chi connectivity index (χ1) is 9.02. The topological polar surface area (TPSA) is 58.4 Å². The number of amides is 1. The van der Waals surface area contributed by atoms with E-state index in [1.165, 1.54) is 4.90 Å². The van der Waals surface area contributed by atoms with E-state index in [2.05, 4.69) is 4.98 Å². The van der Waals surface area contributed by atoms with Gasteiger partial charge in [-0.15, -0.1) is 11.3 Å². The first-order valence-electron chi connectivity index (χ1n) is 5.98. The number of aliphatic hydroxyl groups excluding tert-OH is 1. The van der Waals surface area contributed by atoms with Gasteiger partial charge in [-0.05, 0) is 13.0 Å². The van der Waals surface area contributed by atoms with Gasteiger partial charge in [0.15, 0.2) is 0 Å². The summed E-state index contributed by atoms with van der Waals surface area (Å²) in [5, 5.41) is 11.9. The number of thiazole rings is 1. The molecule has 6 heteroatoms. The van der Waals surface area contributed by atoms with Crippen molar-refractivity contribution in [3.8, 4) is 11.3 Å². The van der Waals surface area contributed by atoms with Gasteiger partial charge in [0.2, 0.25) is 0 Å². The number of aliphatic hydroxyl groups is 1. The molecule has 0 radical (unpaired) electrons. The summed E-state index contributed by atoms with van der Waals surface area (Å²) in [5.41, 5.74) is 2.42. The smallest absolute Gasteiger partial charge is 0.270 e. The summed E-state index contributed by atoms with van der Waals surface area (Å²) in [6.45, 7) is 2.25. The normalized spacial score (nSPS) is 10.7. The highest BCUT2D eigenvalue weighted by Crippen LogP contribution is 2.23. The summed E-state index contributed by atoms with van der Waals surface area (Å²) in [6.07, 6.45) is 1.90. The summed E-state index contributed by atoms with van der Waals surface area (Å²) >= 11 is 1.59. The van der Waals surface area contributed by atoms with Crippen LogP contribution >= 0.6 is 11.3 Å². The summed E-state index contributed by atoms with van der Waals surface area (Å²) < 4.78 is 1.79. The molecule has 5 nitrogen and oxygen atoms in total. The van der Waals surface area contributed by atoms with Crippen molar-refractivity contribution < 1.29 is 9.90 Å². The van der Waals surface area contributed by atoms with E-state index in [1.54, 1.807) is 23.0 Å². The second-order valence-electron chi connectivity index (χ2n) is 4.43. The standard InChI is InChI=1S/C13H17N3O2S/c1-9-14-11(8-19-9)10-6-12(16(3)7-10)13(18)15(2)4-5-17/h6-8,17H,4-5H2,1-3H3. The number of hydrogen-bond acceptors (Lipinski definition) is 4. The van der Waals surface area contributed by atoms with E-state index < -0.39 is 0 Å². The zero-order valence-corrected chi connectivity index (χ0v) is 12.1. The Kier molecular flexibility index (Phi) is 4.01. The van der Waals surface area contributed by atoms with E-state index >= 15 is 0 Å². The average molecular weight is 279 g/mol. The van der Waals surface area contributed by atoms with Crippen LogP contribution in [0.2, 0.25) is 0 Å². The Labute approximate surface area is 116 Å². The zero-order chi connectivity index (χ0) is 14.0. The van der Waals surface area contributed by atoms with Crippen LogP contribution in [0.15, 0.2) is 17.6 Å². The number of likely N-dealkylation sites (N-methyl/N-ethyl adjacent to an activating group) is 1. The Hall–Kier alpha value is -1.66. The van der Waals surface area contributed by atoms with E-state index in [0.29, 0.717) is 12.2 Å². The van der Waals surface area contributed by atoms with Gasteiger partial charge in [0.25, 0.3) is 5.91 Å². The molecule has 0 saturated carbocycles. The maximum absolute atomic E-state index is 12.2. The molecule has 2 aromatic rings. The van der Waals surface area contributed by atoms with Crippen LogP contribution < -0.4 is 0 Å². The molecular formula is C13H17N3O2S. The van der Waals surface area contributed by atoms with Gasteiger partial charge in [-0.25, -0.2) is 4.98 Å². The predicted molar refractivity (Wildman–Crippen MR) is 75.3 cm³/mol. The molecule has 1 amide bonds. The maximum Gasteiger partial charge on any atom is 0.270 e. The summed E-state index contributed by atoms with van der Waals surface area (Å²) in [6, 6.07) is 1.84. The quantitative estimate of drug-likeness (QED) is 0.923. The van der Waals surface area contributed by atoms with Crippen molar-refractivity contribution in [3.63, 3.8) is 0 Å². The number of nitrogens with zero attached hydrogens (tertiary/aromatic N) is 3. The molecule has 0 atom stereocenters. The minimum atomic E-state index is -0.102. The lowest BCUT2D eigenvalue weighted by atomic mass is 10.2. The Bertz CT molecular complexity index is 588. The molecule has 0 unspecified atom stereocenters. The number of aromatic nitrogens is 2. The highest BCUT2D eigenvalue weighted by atomic mass is 32.1. The lowest BCUT2D eigenvalue weighted by Gasteiger charge is -2.15. The second-order valence-corrected chi connectivity index (χ2v) is 5.49. The third kappa shape index (κ3) is 2.85. The summed E-state index contributed by atoms with van der Waals surface area (Å²) in [5.74, 6) is -0.102. The number of hydrogen-bond donors (Lipinski definition) is 1. The molecule has 0 bridgehead atoms. The molecule has 2 aromatic heterocycles. The van der Waals surface area contributed by atoms with Crippen molar-refractivity contribution in [3.05, 3.63) is 28.3 Å². The number of carbonyl (C=O) groups excluding carboxylic acids is 1. The van der Waals surface area contributed by atoms with Crippen LogP contribution in [0.5, 0.6) is 0 Å². The first-order valence-corrected chi connectivity index (χ1v) is 6.86. The Morgan fingerprint density at radius 1 is 1.58 bits per heavy atom. The van der Waals surface area contributed by atoms with Gasteiger partial charge in [-0.2, -0.15) is 0 Å². The van der Waals surface area contributed by atoms with E-state index in [9.17, 15) is 4.79 Å². The molecule has 1 N–H and O–H groups in total. The van der Waals surface area contributed by atoms with E-state index in [4.69, 9.17) is 5.11 Å². The van der Waals surface area contributed by atoms with Crippen molar-refractivity contribution in [2.45, 2.75) is 6.92 Å². The van der Waals surface area contributed by atoms with Gasteiger partial charge in [-0.3, -0.25) is 4.79 Å². The molecule has 0 aliphatic rings. The van der Waals surface area contributed by atoms with Gasteiger partial charge in [0.05, 0.1) is 17.3 Å². The van der Waals surface area contributed by atoms with Gasteiger partial charge in [0, 0.05) is 37.8 Å². The molecule has 0 spiro atoms. The van der Waals surface area contributed by atoms with Crippen LogP contribution in [0.1, 0.15) is 15.5 Å². The molecule has 2 rings (SSSR count). The SMILES string of the molecule is Cc1nc(-c2cc(C(=O)N(C)CCO)n(C)c2)cs1. The molecule has 102 valence electrons. The molecule has 0 saturated heterocycles. The average Bonchev–Trinajstić information content (AvgIpc) is 2.95. The molecule has 0 fully saturated rings. The Morgan fingerprint density at radius 3 is 2.89 bits per heavy atom. The monoisotopic (exact) mass is 279 g/mol. The molecule has 0 aliphatic carbocycles. The minimum absolute atomic E-state index is 0.0369. The van der Waals surface area contributed by atoms with E-state index in [-0.39, 0.29) is 12.5 Å². The van der Waals surface area contributed by atoms with Crippen molar-refractivity contribution in [2.75, 3.05) is 20.2 Å². The number of carbonyl (C=O) groups is 1. The van der Waals surface area contributed by atoms with E-state index in [0.717, 1.165) is 16.3 Å². The van der Waals surface area contributed by atoms with Crippen molar-refractivity contribution in [2.24, 2.45) is 7.05 Å². The van der Waals surface area contributed by atoms with Crippen LogP contribution in [-0.4, -0.2) is 45.7 Å². The molecule has 2 heterocycles. The third-order valence-corrected chi connectivity index (χ3v) is 3.69. The lowest BCUT2D eigenvalue weighted by molar-refractivity contribution is 0.0757. The molecule has 0 aliphatic heterocycles. The van der Waals surface area contributed by atoms with Gasteiger partial charge in [0.1, 0.15) is 5.69 Å². The van der Waals surface area contributed by atoms with Crippen LogP contribution in [-0.2, 0) is 7.05 Å². The summed E-state index contributed by atoms with van der Waals surface area (Å²) in [7, 11) is 3.51. The van der Waals surface area contributed by atoms with Crippen LogP contribution in [0.4, 0.5) is 0 Å². The number of rotatable bonds is 4. The Morgan fingerprint density at radius 2 is 2.32 bits per heavy atom. The predicted octanol–water partition coefficient (Wildman–Crippen LogP) is 1.52. The largest absolute Gasteiger partial charge is 0.395 e. The fraction of sp³-hybridized carbons (Fsp3) is 0.385. The zero-order valence-electron chi connectivity index (χ0n) is 11.3. The van der Waals surface area contributed by atoms with Crippen molar-refractivity contribution >= 4 is 17.2 Å². The van der Waals surface area contributed by atoms with E-state index in [1.807, 2.05) is 31.6 Å². The van der Waals surface area contributed by atoms with Gasteiger partial charge in [-0.1, -0.05) is 0 Å². The summed E-state index contributed by atoms with van der Waals surface area (Å²) in [4.78, 5) is 18.1. The lowest BCUT2D eigenvalue weighted by Crippen LogP contribution is -2.30. The molecular weight excluding hydrogens is 262 g/mol. The first kappa shape index (κ1) is 13.8. The van der Waals surface area contributed by atoms with Crippen molar-refractivity contribution in [1.82, 2.24) is 14.5 Å². The van der Waals surface area contributed by atoms with Crippen LogP contribution in [0, 0.1) is 6.92 Å². The van der Waals surface area contributed by atoms with Crippen LogP contribution in [0.25, 0.3) is 11.3 Å². The molecule has 0 aromatic carbocycles. The highest BCUT2D eigenvalue weighted by molar-refractivity contribution is 7.09. The van der Waals surface area contributed by atoms with Gasteiger partial charge >= 0.3 is 0 Å².